The number of benzene rings is 2. The van der Waals surface area contributed by atoms with Gasteiger partial charge in [0.15, 0.2) is 0 Å². The highest BCUT2D eigenvalue weighted by Gasteiger charge is 1.98. The molecule has 0 amide bonds. The molecule has 0 unspecified atom stereocenters. The number of rotatable bonds is 6. The molecule has 0 fully saturated rings. The Hall–Kier alpha value is -1.26. The second kappa shape index (κ2) is 7.36. The Labute approximate surface area is 122 Å². The molecule has 19 heavy (non-hydrogen) atoms. The van der Waals surface area contributed by atoms with Crippen LogP contribution in [0.2, 0.25) is 0 Å². The summed E-state index contributed by atoms with van der Waals surface area (Å²) in [6.45, 7) is 0. The lowest BCUT2D eigenvalue weighted by molar-refractivity contribution is 0.414. The van der Waals surface area contributed by atoms with E-state index < -0.39 is 0 Å². The van der Waals surface area contributed by atoms with E-state index in [0.29, 0.717) is 0 Å². The first-order valence-electron chi connectivity index (χ1n) is 5.85. The molecule has 0 saturated heterocycles. The Kier molecular flexibility index (Phi) is 5.48. The molecular formula is C15H16O2S2. The molecule has 0 heterocycles. The third-order valence-electron chi connectivity index (χ3n) is 2.57. The van der Waals surface area contributed by atoms with Gasteiger partial charge in [-0.15, -0.1) is 23.5 Å². The van der Waals surface area contributed by atoms with Crippen molar-refractivity contribution in [2.24, 2.45) is 0 Å². The standard InChI is InChI=1S/C15H16O2S2/c1-16-12-3-7-14(8-4-12)18-11-19-15-9-5-13(17-2)6-10-15/h3-10H,11H2,1-2H3. The Morgan fingerprint density at radius 3 is 1.37 bits per heavy atom. The molecule has 0 bridgehead atoms. The highest BCUT2D eigenvalue weighted by Crippen LogP contribution is 2.29. The lowest BCUT2D eigenvalue weighted by Crippen LogP contribution is -1.82. The molecule has 0 aliphatic heterocycles. The summed E-state index contributed by atoms with van der Waals surface area (Å²) in [7, 11) is 3.36. The first-order chi connectivity index (χ1) is 9.31. The van der Waals surface area contributed by atoms with E-state index in [9.17, 15) is 0 Å². The summed E-state index contributed by atoms with van der Waals surface area (Å²) in [6.07, 6.45) is 0. The summed E-state index contributed by atoms with van der Waals surface area (Å²) < 4.78 is 10.3. The van der Waals surface area contributed by atoms with E-state index in [4.69, 9.17) is 9.47 Å². The van der Waals surface area contributed by atoms with E-state index in [1.807, 2.05) is 47.8 Å². The predicted octanol–water partition coefficient (Wildman–Crippen LogP) is 4.55. The van der Waals surface area contributed by atoms with Gasteiger partial charge in [0.2, 0.25) is 0 Å². The summed E-state index contributed by atoms with van der Waals surface area (Å²) in [4.78, 5) is 2.50. The number of ether oxygens (including phenoxy) is 2. The monoisotopic (exact) mass is 292 g/mol. The Morgan fingerprint density at radius 2 is 1.05 bits per heavy atom. The fourth-order valence-electron chi connectivity index (χ4n) is 1.51. The highest BCUT2D eigenvalue weighted by molar-refractivity contribution is 8.16. The van der Waals surface area contributed by atoms with Crippen molar-refractivity contribution in [3.05, 3.63) is 48.5 Å². The zero-order chi connectivity index (χ0) is 13.5. The van der Waals surface area contributed by atoms with Crippen molar-refractivity contribution in [3.63, 3.8) is 0 Å². The van der Waals surface area contributed by atoms with Crippen LogP contribution >= 0.6 is 23.5 Å². The van der Waals surface area contributed by atoms with Crippen molar-refractivity contribution >= 4 is 23.5 Å². The number of methoxy groups -OCH3 is 2. The minimum absolute atomic E-state index is 0.896. The predicted molar refractivity (Wildman–Crippen MR) is 82.6 cm³/mol. The zero-order valence-electron chi connectivity index (χ0n) is 11.0. The topological polar surface area (TPSA) is 18.5 Å². The van der Waals surface area contributed by atoms with E-state index >= 15 is 0 Å². The van der Waals surface area contributed by atoms with Gasteiger partial charge in [-0.3, -0.25) is 0 Å². The summed E-state index contributed by atoms with van der Waals surface area (Å²) in [5.74, 6) is 1.79. The van der Waals surface area contributed by atoms with Gasteiger partial charge in [-0.25, -0.2) is 0 Å². The van der Waals surface area contributed by atoms with Crippen molar-refractivity contribution in [1.82, 2.24) is 0 Å². The zero-order valence-corrected chi connectivity index (χ0v) is 12.6. The largest absolute Gasteiger partial charge is 0.497 e. The van der Waals surface area contributed by atoms with Gasteiger partial charge < -0.3 is 9.47 Å². The van der Waals surface area contributed by atoms with Crippen LogP contribution in [0.15, 0.2) is 58.3 Å². The van der Waals surface area contributed by atoms with Crippen LogP contribution in [0.3, 0.4) is 0 Å². The first kappa shape index (κ1) is 14.2. The van der Waals surface area contributed by atoms with Gasteiger partial charge in [-0.1, -0.05) is 0 Å². The van der Waals surface area contributed by atoms with Crippen LogP contribution in [0.5, 0.6) is 11.5 Å². The second-order valence-corrected chi connectivity index (χ2v) is 6.22. The van der Waals surface area contributed by atoms with Gasteiger partial charge in [0.05, 0.1) is 14.2 Å². The van der Waals surface area contributed by atoms with Crippen LogP contribution in [-0.4, -0.2) is 19.3 Å². The molecule has 0 spiro atoms. The molecule has 4 heteroatoms. The molecule has 100 valence electrons. The Balaban J connectivity index is 1.81. The molecule has 0 atom stereocenters. The molecule has 2 rings (SSSR count). The van der Waals surface area contributed by atoms with Crippen molar-refractivity contribution < 1.29 is 9.47 Å². The average Bonchev–Trinajstić information content (AvgIpc) is 2.49. The summed E-state index contributed by atoms with van der Waals surface area (Å²) in [5.41, 5.74) is 0. The van der Waals surface area contributed by atoms with Gasteiger partial charge in [-0.2, -0.15) is 0 Å². The number of thioether (sulfide) groups is 2. The molecule has 0 aliphatic rings. The molecule has 0 N–H and O–H groups in total. The minimum Gasteiger partial charge on any atom is -0.497 e. The van der Waals surface area contributed by atoms with Crippen molar-refractivity contribution in [2.45, 2.75) is 9.79 Å². The molecule has 2 aromatic rings. The molecular weight excluding hydrogens is 276 g/mol. The van der Waals surface area contributed by atoms with Crippen LogP contribution in [-0.2, 0) is 0 Å². The van der Waals surface area contributed by atoms with Crippen molar-refractivity contribution in [1.29, 1.82) is 0 Å². The van der Waals surface area contributed by atoms with E-state index in [2.05, 4.69) is 24.3 Å². The van der Waals surface area contributed by atoms with Crippen LogP contribution in [0.1, 0.15) is 0 Å². The van der Waals surface area contributed by atoms with E-state index in [0.717, 1.165) is 16.6 Å². The maximum atomic E-state index is 5.14. The fourth-order valence-corrected chi connectivity index (χ4v) is 3.49. The molecule has 2 aromatic carbocycles. The van der Waals surface area contributed by atoms with Crippen molar-refractivity contribution in [2.75, 3.05) is 19.3 Å². The number of hydrogen-bond acceptors (Lipinski definition) is 4. The third-order valence-corrected chi connectivity index (χ3v) is 4.72. The molecule has 0 aliphatic carbocycles. The molecule has 0 aromatic heterocycles. The van der Waals surface area contributed by atoms with E-state index in [-0.39, 0.29) is 0 Å². The van der Waals surface area contributed by atoms with Gasteiger partial charge in [0, 0.05) is 14.9 Å². The summed E-state index contributed by atoms with van der Waals surface area (Å²) in [6, 6.07) is 16.3. The van der Waals surface area contributed by atoms with Gasteiger partial charge in [-0.05, 0) is 48.5 Å². The average molecular weight is 292 g/mol. The lowest BCUT2D eigenvalue weighted by atomic mass is 10.3. The smallest absolute Gasteiger partial charge is 0.118 e. The summed E-state index contributed by atoms with van der Waals surface area (Å²) in [5, 5.41) is 0.985. The summed E-state index contributed by atoms with van der Waals surface area (Å²) >= 11 is 3.64. The Morgan fingerprint density at radius 1 is 0.684 bits per heavy atom. The molecule has 2 nitrogen and oxygen atoms in total. The van der Waals surface area contributed by atoms with Gasteiger partial charge in [0.25, 0.3) is 0 Å². The maximum absolute atomic E-state index is 5.14. The second-order valence-electron chi connectivity index (χ2n) is 3.76. The van der Waals surface area contributed by atoms with Crippen LogP contribution < -0.4 is 9.47 Å². The lowest BCUT2D eigenvalue weighted by Gasteiger charge is -2.04. The first-order valence-corrected chi connectivity index (χ1v) is 7.82. The van der Waals surface area contributed by atoms with Crippen molar-refractivity contribution in [3.8, 4) is 11.5 Å². The Bertz CT molecular complexity index is 447. The fraction of sp³-hybridized carbons (Fsp3) is 0.200. The van der Waals surface area contributed by atoms with Crippen LogP contribution in [0, 0.1) is 0 Å². The third kappa shape index (κ3) is 4.40. The quantitative estimate of drug-likeness (QED) is 0.574. The normalized spacial score (nSPS) is 10.2. The van der Waals surface area contributed by atoms with Crippen LogP contribution in [0.4, 0.5) is 0 Å². The van der Waals surface area contributed by atoms with E-state index in [1.54, 1.807) is 14.2 Å². The SMILES string of the molecule is COc1ccc(SCSc2ccc(OC)cc2)cc1. The maximum Gasteiger partial charge on any atom is 0.118 e. The van der Waals surface area contributed by atoms with Crippen LogP contribution in [0.25, 0.3) is 0 Å². The van der Waals surface area contributed by atoms with E-state index in [1.165, 1.54) is 9.79 Å². The van der Waals surface area contributed by atoms with Gasteiger partial charge >= 0.3 is 0 Å². The highest BCUT2D eigenvalue weighted by atomic mass is 32.2. The number of hydrogen-bond donors (Lipinski definition) is 0. The molecule has 0 saturated carbocycles. The minimum atomic E-state index is 0.896. The van der Waals surface area contributed by atoms with Gasteiger partial charge in [0.1, 0.15) is 11.5 Å². The molecule has 0 radical (unpaired) electrons.